The van der Waals surface area contributed by atoms with Crippen molar-refractivity contribution in [3.63, 3.8) is 0 Å². The second kappa shape index (κ2) is 3.87. The third-order valence-corrected chi connectivity index (χ3v) is 2.80. The van der Waals surface area contributed by atoms with E-state index in [0.29, 0.717) is 12.5 Å². The Morgan fingerprint density at radius 1 is 1.38 bits per heavy atom. The maximum Gasteiger partial charge on any atom is 0.143 e. The van der Waals surface area contributed by atoms with Gasteiger partial charge in [-0.1, -0.05) is 13.8 Å². The van der Waals surface area contributed by atoms with Crippen LogP contribution in [0.4, 0.5) is 0 Å². The summed E-state index contributed by atoms with van der Waals surface area (Å²) in [7, 11) is 2.00. The highest BCUT2D eigenvalue weighted by Gasteiger charge is 2.15. The van der Waals surface area contributed by atoms with E-state index in [-0.39, 0.29) is 0 Å². The summed E-state index contributed by atoms with van der Waals surface area (Å²) in [6, 6.07) is 0. The van der Waals surface area contributed by atoms with Gasteiger partial charge >= 0.3 is 0 Å². The van der Waals surface area contributed by atoms with Crippen molar-refractivity contribution in [2.45, 2.75) is 33.2 Å². The molecule has 2 rings (SSSR count). The smallest absolute Gasteiger partial charge is 0.143 e. The Labute approximate surface area is 95.5 Å². The van der Waals surface area contributed by atoms with Crippen LogP contribution < -0.4 is 5.73 Å². The molecule has 0 unspecified atom stereocenters. The zero-order chi connectivity index (χ0) is 11.9. The standard InChI is InChI=1S/C12H18N4/c1-7(2)11-10-9(5-13)6-16(4)12(10)15-8(3)14-11/h6-7H,5,13H2,1-4H3. The topological polar surface area (TPSA) is 56.7 Å². The molecule has 0 aliphatic heterocycles. The third-order valence-electron chi connectivity index (χ3n) is 2.80. The maximum atomic E-state index is 5.77. The van der Waals surface area contributed by atoms with Crippen LogP contribution in [-0.2, 0) is 13.6 Å². The molecule has 2 N–H and O–H groups in total. The minimum atomic E-state index is 0.386. The number of hydrogen-bond donors (Lipinski definition) is 1. The summed E-state index contributed by atoms with van der Waals surface area (Å²) >= 11 is 0. The Bertz CT molecular complexity index is 525. The Morgan fingerprint density at radius 2 is 2.06 bits per heavy atom. The lowest BCUT2D eigenvalue weighted by molar-refractivity contribution is 0.812. The van der Waals surface area contributed by atoms with Gasteiger partial charge in [-0.05, 0) is 18.4 Å². The van der Waals surface area contributed by atoms with Crippen LogP contribution in [0.5, 0.6) is 0 Å². The maximum absolute atomic E-state index is 5.77. The van der Waals surface area contributed by atoms with E-state index in [1.165, 1.54) is 0 Å². The van der Waals surface area contributed by atoms with Crippen molar-refractivity contribution in [3.8, 4) is 0 Å². The normalized spacial score (nSPS) is 11.6. The molecule has 0 aromatic carbocycles. The molecule has 0 amide bonds. The molecule has 86 valence electrons. The highest BCUT2D eigenvalue weighted by Crippen LogP contribution is 2.26. The first kappa shape index (κ1) is 11.1. The molecule has 2 aromatic rings. The van der Waals surface area contributed by atoms with Crippen LogP contribution >= 0.6 is 0 Å². The van der Waals surface area contributed by atoms with Gasteiger partial charge in [-0.15, -0.1) is 0 Å². The molecule has 0 radical (unpaired) electrons. The van der Waals surface area contributed by atoms with Crippen molar-refractivity contribution in [1.29, 1.82) is 0 Å². The summed E-state index contributed by atoms with van der Waals surface area (Å²) in [6.07, 6.45) is 2.05. The molecule has 0 spiro atoms. The molecule has 0 fully saturated rings. The fourth-order valence-electron chi connectivity index (χ4n) is 2.07. The van der Waals surface area contributed by atoms with Crippen molar-refractivity contribution in [3.05, 3.63) is 23.3 Å². The lowest BCUT2D eigenvalue weighted by atomic mass is 10.0. The van der Waals surface area contributed by atoms with Crippen molar-refractivity contribution >= 4 is 11.0 Å². The monoisotopic (exact) mass is 218 g/mol. The number of rotatable bonds is 2. The first-order chi connectivity index (χ1) is 7.54. The van der Waals surface area contributed by atoms with E-state index in [1.807, 2.05) is 24.7 Å². The highest BCUT2D eigenvalue weighted by molar-refractivity contribution is 5.83. The largest absolute Gasteiger partial charge is 0.335 e. The number of hydrogen-bond acceptors (Lipinski definition) is 3. The Morgan fingerprint density at radius 3 is 2.62 bits per heavy atom. The summed E-state index contributed by atoms with van der Waals surface area (Å²) < 4.78 is 2.03. The number of nitrogens with two attached hydrogens (primary N) is 1. The molecule has 0 saturated carbocycles. The van der Waals surface area contributed by atoms with E-state index in [1.54, 1.807) is 0 Å². The summed E-state index contributed by atoms with van der Waals surface area (Å²) in [5, 5.41) is 1.13. The molecular formula is C12H18N4. The number of aromatic nitrogens is 3. The molecule has 2 aromatic heterocycles. The summed E-state index contributed by atoms with van der Waals surface area (Å²) in [5.74, 6) is 1.21. The van der Waals surface area contributed by atoms with Gasteiger partial charge in [0.05, 0.1) is 5.69 Å². The first-order valence-corrected chi connectivity index (χ1v) is 5.57. The fraction of sp³-hybridized carbons (Fsp3) is 0.500. The zero-order valence-corrected chi connectivity index (χ0v) is 10.3. The summed E-state index contributed by atoms with van der Waals surface area (Å²) in [4.78, 5) is 9.03. The summed E-state index contributed by atoms with van der Waals surface area (Å²) in [6.45, 7) is 6.76. The van der Waals surface area contributed by atoms with E-state index in [9.17, 15) is 0 Å². The van der Waals surface area contributed by atoms with E-state index in [4.69, 9.17) is 5.73 Å². The molecule has 4 nitrogen and oxygen atoms in total. The van der Waals surface area contributed by atoms with Gasteiger partial charge in [0.1, 0.15) is 11.5 Å². The van der Waals surface area contributed by atoms with Gasteiger partial charge in [0.15, 0.2) is 0 Å². The van der Waals surface area contributed by atoms with Gasteiger partial charge in [-0.2, -0.15) is 0 Å². The molecule has 4 heteroatoms. The van der Waals surface area contributed by atoms with Gasteiger partial charge in [-0.3, -0.25) is 0 Å². The SMILES string of the molecule is Cc1nc(C(C)C)c2c(CN)cn(C)c2n1. The second-order valence-corrected chi connectivity index (χ2v) is 4.48. The molecule has 16 heavy (non-hydrogen) atoms. The number of aryl methyl sites for hydroxylation is 2. The molecule has 0 atom stereocenters. The fourth-order valence-corrected chi connectivity index (χ4v) is 2.07. The summed E-state index contributed by atoms with van der Waals surface area (Å²) in [5.41, 5.74) is 8.98. The van der Waals surface area contributed by atoms with Crippen LogP contribution in [0, 0.1) is 6.92 Å². The van der Waals surface area contributed by atoms with E-state index >= 15 is 0 Å². The van der Waals surface area contributed by atoms with Crippen LogP contribution in [0.1, 0.15) is 36.8 Å². The molecular weight excluding hydrogens is 200 g/mol. The quantitative estimate of drug-likeness (QED) is 0.837. The van der Waals surface area contributed by atoms with Gasteiger partial charge < -0.3 is 10.3 Å². The average Bonchev–Trinajstić information content (AvgIpc) is 2.54. The molecule has 0 saturated heterocycles. The molecule has 0 bridgehead atoms. The molecule has 0 aliphatic rings. The zero-order valence-electron chi connectivity index (χ0n) is 10.3. The van der Waals surface area contributed by atoms with Crippen molar-refractivity contribution in [2.75, 3.05) is 0 Å². The van der Waals surface area contributed by atoms with Crippen LogP contribution in [0.25, 0.3) is 11.0 Å². The van der Waals surface area contributed by atoms with Crippen LogP contribution in [0.2, 0.25) is 0 Å². The Balaban J connectivity index is 2.87. The van der Waals surface area contributed by atoms with E-state index in [0.717, 1.165) is 28.1 Å². The van der Waals surface area contributed by atoms with Gasteiger partial charge in [-0.25, -0.2) is 9.97 Å². The predicted molar refractivity (Wildman–Crippen MR) is 65.2 cm³/mol. The van der Waals surface area contributed by atoms with Crippen molar-refractivity contribution < 1.29 is 0 Å². The van der Waals surface area contributed by atoms with Gasteiger partial charge in [0, 0.05) is 25.2 Å². The first-order valence-electron chi connectivity index (χ1n) is 5.57. The van der Waals surface area contributed by atoms with Gasteiger partial charge in [0.2, 0.25) is 0 Å². The van der Waals surface area contributed by atoms with Crippen LogP contribution in [-0.4, -0.2) is 14.5 Å². The van der Waals surface area contributed by atoms with Crippen molar-refractivity contribution in [2.24, 2.45) is 12.8 Å². The highest BCUT2D eigenvalue weighted by atomic mass is 15.0. The van der Waals surface area contributed by atoms with Crippen molar-refractivity contribution in [1.82, 2.24) is 14.5 Å². The van der Waals surface area contributed by atoms with Crippen LogP contribution in [0.3, 0.4) is 0 Å². The lowest BCUT2D eigenvalue weighted by Crippen LogP contribution is -2.02. The average molecular weight is 218 g/mol. The predicted octanol–water partition coefficient (Wildman–Crippen LogP) is 1.86. The minimum absolute atomic E-state index is 0.386. The Hall–Kier alpha value is -1.42. The lowest BCUT2D eigenvalue weighted by Gasteiger charge is -2.08. The second-order valence-electron chi connectivity index (χ2n) is 4.48. The van der Waals surface area contributed by atoms with Gasteiger partial charge in [0.25, 0.3) is 0 Å². The molecule has 2 heterocycles. The van der Waals surface area contributed by atoms with Crippen LogP contribution in [0.15, 0.2) is 6.20 Å². The Kier molecular flexibility index (Phi) is 2.68. The van der Waals surface area contributed by atoms with E-state index < -0.39 is 0 Å². The number of nitrogens with zero attached hydrogens (tertiary/aromatic N) is 3. The third kappa shape index (κ3) is 1.59. The minimum Gasteiger partial charge on any atom is -0.335 e. The molecule has 0 aliphatic carbocycles. The number of fused-ring (bicyclic) bond motifs is 1. The van der Waals surface area contributed by atoms with E-state index in [2.05, 4.69) is 23.8 Å².